The molecule has 5 atom stereocenters. The van der Waals surface area contributed by atoms with Crippen LogP contribution < -0.4 is 10.1 Å². The molecule has 1 aromatic rings. The second-order valence-corrected chi connectivity index (χ2v) is 9.30. The number of hydrogen-bond acceptors (Lipinski definition) is 4. The summed E-state index contributed by atoms with van der Waals surface area (Å²) in [5, 5.41) is 3.29. The highest BCUT2D eigenvalue weighted by atomic mass is 16.5. The van der Waals surface area contributed by atoms with E-state index in [-0.39, 0.29) is 23.7 Å². The van der Waals surface area contributed by atoms with Gasteiger partial charge in [-0.15, -0.1) is 0 Å². The van der Waals surface area contributed by atoms with Gasteiger partial charge in [-0.05, 0) is 57.5 Å². The van der Waals surface area contributed by atoms with Crippen molar-refractivity contribution in [2.75, 3.05) is 21.2 Å². The zero-order valence-corrected chi connectivity index (χ0v) is 18.2. The van der Waals surface area contributed by atoms with Crippen molar-refractivity contribution in [1.29, 1.82) is 0 Å². The zero-order valence-electron chi connectivity index (χ0n) is 18.2. The number of nitrogens with zero attached hydrogens (tertiary/aromatic N) is 1. The maximum absolute atomic E-state index is 12.0. The van der Waals surface area contributed by atoms with Crippen LogP contribution in [0, 0.1) is 11.8 Å². The first-order chi connectivity index (χ1) is 13.2. The molecule has 1 saturated heterocycles. The van der Waals surface area contributed by atoms with Crippen molar-refractivity contribution in [3.8, 4) is 5.75 Å². The van der Waals surface area contributed by atoms with Crippen LogP contribution >= 0.6 is 0 Å². The van der Waals surface area contributed by atoms with E-state index in [2.05, 4.69) is 50.3 Å². The number of rotatable bonds is 5. The molecule has 5 heteroatoms. The predicted octanol–water partition coefficient (Wildman–Crippen LogP) is 3.92. The molecular formula is C23H36N2O3. The molecule has 1 saturated carbocycles. The normalized spacial score (nSPS) is 32.7. The average Bonchev–Trinajstić information content (AvgIpc) is 2.59. The molecule has 0 unspecified atom stereocenters. The van der Waals surface area contributed by atoms with Crippen molar-refractivity contribution in [2.45, 2.75) is 70.7 Å². The largest absolute Gasteiger partial charge is 0.496 e. The number of nitrogens with one attached hydrogen (secondary N) is 1. The lowest BCUT2D eigenvalue weighted by Gasteiger charge is -2.52. The summed E-state index contributed by atoms with van der Waals surface area (Å²) in [6, 6.07) is 6.37. The van der Waals surface area contributed by atoms with Crippen LogP contribution in [0.2, 0.25) is 0 Å². The lowest BCUT2D eigenvalue weighted by Crippen LogP contribution is -2.60. The van der Waals surface area contributed by atoms with Crippen LogP contribution in [-0.2, 0) is 16.1 Å². The molecule has 2 aliphatic rings. The molecule has 28 heavy (non-hydrogen) atoms. The Hall–Kier alpha value is -1.59. The molecule has 5 nitrogen and oxygen atoms in total. The van der Waals surface area contributed by atoms with E-state index in [9.17, 15) is 4.79 Å². The summed E-state index contributed by atoms with van der Waals surface area (Å²) in [5.41, 5.74) is 2.07. The number of methoxy groups -OCH3 is 1. The zero-order chi connectivity index (χ0) is 20.5. The van der Waals surface area contributed by atoms with Crippen molar-refractivity contribution in [3.05, 3.63) is 29.3 Å². The van der Waals surface area contributed by atoms with Crippen molar-refractivity contribution >= 4 is 5.91 Å². The molecule has 156 valence electrons. The van der Waals surface area contributed by atoms with E-state index < -0.39 is 0 Å². The maximum Gasteiger partial charge on any atom is 0.217 e. The molecule has 0 bridgehead atoms. The Kier molecular flexibility index (Phi) is 6.35. The number of benzene rings is 1. The molecule has 0 radical (unpaired) electrons. The summed E-state index contributed by atoms with van der Waals surface area (Å²) in [6.45, 7) is 7.00. The lowest BCUT2D eigenvalue weighted by atomic mass is 9.66. The highest BCUT2D eigenvalue weighted by Gasteiger charge is 2.49. The molecule has 3 rings (SSSR count). The molecule has 0 spiro atoms. The minimum atomic E-state index is -0.262. The van der Waals surface area contributed by atoms with Gasteiger partial charge in [-0.1, -0.05) is 19.4 Å². The Morgan fingerprint density at radius 1 is 1.36 bits per heavy atom. The Labute approximate surface area is 169 Å². The molecule has 1 heterocycles. The molecule has 1 aliphatic carbocycles. The van der Waals surface area contributed by atoms with Crippen LogP contribution in [0.15, 0.2) is 18.2 Å². The quantitative estimate of drug-likeness (QED) is 0.831. The Bertz CT molecular complexity index is 705. The number of carbonyl (C=O) groups excluding carboxylic acids is 1. The SMILES string of the molecule is COc1ccc(CN(C)C)cc1[C@H]1C[C@](C)(NC(C)=O)[C@@H]2CC[C@@H](C)C[C@H]2O1. The first-order valence-electron chi connectivity index (χ1n) is 10.5. The van der Waals surface area contributed by atoms with Gasteiger partial charge in [0.25, 0.3) is 0 Å². The summed E-state index contributed by atoms with van der Waals surface area (Å²) in [5.74, 6) is 1.91. The highest BCUT2D eigenvalue weighted by Crippen LogP contribution is 2.49. The van der Waals surface area contributed by atoms with E-state index >= 15 is 0 Å². The lowest BCUT2D eigenvalue weighted by molar-refractivity contribution is -0.153. The van der Waals surface area contributed by atoms with E-state index in [1.165, 1.54) is 12.0 Å². The van der Waals surface area contributed by atoms with Crippen molar-refractivity contribution in [2.24, 2.45) is 11.8 Å². The fourth-order valence-corrected chi connectivity index (χ4v) is 5.23. The van der Waals surface area contributed by atoms with E-state index in [0.29, 0.717) is 11.8 Å². The summed E-state index contributed by atoms with van der Waals surface area (Å²) >= 11 is 0. The van der Waals surface area contributed by atoms with Crippen molar-refractivity contribution in [3.63, 3.8) is 0 Å². The van der Waals surface area contributed by atoms with Gasteiger partial charge >= 0.3 is 0 Å². The Morgan fingerprint density at radius 3 is 2.75 bits per heavy atom. The van der Waals surface area contributed by atoms with Crippen molar-refractivity contribution < 1.29 is 14.3 Å². The molecule has 0 aromatic heterocycles. The first-order valence-corrected chi connectivity index (χ1v) is 10.5. The second-order valence-electron chi connectivity index (χ2n) is 9.30. The average molecular weight is 389 g/mol. The molecular weight excluding hydrogens is 352 g/mol. The molecule has 2 fully saturated rings. The van der Waals surface area contributed by atoms with Gasteiger partial charge in [-0.2, -0.15) is 0 Å². The summed E-state index contributed by atoms with van der Waals surface area (Å²) in [4.78, 5) is 14.2. The van der Waals surface area contributed by atoms with Gasteiger partial charge in [0.05, 0.1) is 19.3 Å². The molecule has 1 N–H and O–H groups in total. The van der Waals surface area contributed by atoms with E-state index in [4.69, 9.17) is 9.47 Å². The van der Waals surface area contributed by atoms with E-state index in [0.717, 1.165) is 37.1 Å². The fourth-order valence-electron chi connectivity index (χ4n) is 5.23. The Morgan fingerprint density at radius 2 is 2.11 bits per heavy atom. The summed E-state index contributed by atoms with van der Waals surface area (Å²) in [7, 11) is 5.86. The minimum absolute atomic E-state index is 0.0360. The molecule has 1 aliphatic heterocycles. The van der Waals surface area contributed by atoms with Crippen LogP contribution in [-0.4, -0.2) is 43.7 Å². The van der Waals surface area contributed by atoms with Crippen LogP contribution in [0.5, 0.6) is 5.75 Å². The Balaban J connectivity index is 1.96. The summed E-state index contributed by atoms with van der Waals surface area (Å²) < 4.78 is 12.4. The molecule has 1 aromatic carbocycles. The monoisotopic (exact) mass is 388 g/mol. The first kappa shape index (κ1) is 21.1. The predicted molar refractivity (Wildman–Crippen MR) is 111 cm³/mol. The number of ether oxygens (including phenoxy) is 2. The summed E-state index contributed by atoms with van der Waals surface area (Å²) in [6.07, 6.45) is 4.21. The van der Waals surface area contributed by atoms with E-state index in [1.54, 1.807) is 14.0 Å². The van der Waals surface area contributed by atoms with Gasteiger partial charge in [-0.3, -0.25) is 4.79 Å². The third kappa shape index (κ3) is 4.52. The van der Waals surface area contributed by atoms with Crippen LogP contribution in [0.25, 0.3) is 0 Å². The third-order valence-corrected chi connectivity index (χ3v) is 6.42. The van der Waals surface area contributed by atoms with Gasteiger partial charge in [0.2, 0.25) is 5.91 Å². The van der Waals surface area contributed by atoms with Crippen LogP contribution in [0.3, 0.4) is 0 Å². The molecule has 1 amide bonds. The topological polar surface area (TPSA) is 50.8 Å². The van der Waals surface area contributed by atoms with Crippen LogP contribution in [0.1, 0.15) is 63.7 Å². The number of amides is 1. The fraction of sp³-hybridized carbons (Fsp3) is 0.696. The maximum atomic E-state index is 12.0. The second kappa shape index (κ2) is 8.42. The highest BCUT2D eigenvalue weighted by molar-refractivity contribution is 5.73. The van der Waals surface area contributed by atoms with E-state index in [1.807, 2.05) is 6.07 Å². The standard InChI is InChI=1S/C23H36N2O3/c1-15-7-9-19-21(11-15)28-22(13-23(19,3)24-16(2)26)18-12-17(14-25(4)5)8-10-20(18)27-6/h8,10,12,15,19,21-22H,7,9,11,13-14H2,1-6H3,(H,24,26)/t15-,19-,21-,22-,23+/m1/s1. The minimum Gasteiger partial charge on any atom is -0.496 e. The van der Waals surface area contributed by atoms with Crippen LogP contribution in [0.4, 0.5) is 0 Å². The van der Waals surface area contributed by atoms with Gasteiger partial charge in [0.1, 0.15) is 5.75 Å². The van der Waals surface area contributed by atoms with Gasteiger partial charge < -0.3 is 19.7 Å². The van der Waals surface area contributed by atoms with Gasteiger partial charge in [-0.25, -0.2) is 0 Å². The van der Waals surface area contributed by atoms with Gasteiger partial charge in [0, 0.05) is 36.9 Å². The number of hydrogen-bond donors (Lipinski definition) is 1. The number of fused-ring (bicyclic) bond motifs is 1. The number of carbonyl (C=O) groups is 1. The van der Waals surface area contributed by atoms with Crippen molar-refractivity contribution in [1.82, 2.24) is 10.2 Å². The van der Waals surface area contributed by atoms with Gasteiger partial charge in [0.15, 0.2) is 0 Å². The third-order valence-electron chi connectivity index (χ3n) is 6.42. The smallest absolute Gasteiger partial charge is 0.217 e.